The van der Waals surface area contributed by atoms with Crippen molar-refractivity contribution in [3.05, 3.63) is 59.7 Å². The Hall–Kier alpha value is -2.62. The van der Waals surface area contributed by atoms with Crippen LogP contribution in [0.2, 0.25) is 0 Å². The molecule has 0 radical (unpaired) electrons. The first-order valence-corrected chi connectivity index (χ1v) is 6.43. The first kappa shape index (κ1) is 12.4. The van der Waals surface area contributed by atoms with Crippen LogP contribution in [0.15, 0.2) is 53.5 Å². The molecule has 2 aromatic carbocycles. The molecule has 0 aliphatic carbocycles. The van der Waals surface area contributed by atoms with Crippen molar-refractivity contribution in [1.29, 1.82) is 0 Å². The maximum atomic E-state index is 12.1. The van der Waals surface area contributed by atoms with Gasteiger partial charge < -0.3 is 10.4 Å². The van der Waals surface area contributed by atoms with Crippen LogP contribution in [0, 0.1) is 0 Å². The molecular formula is C16H14N2O2. The fourth-order valence-electron chi connectivity index (χ4n) is 2.16. The second-order valence-electron chi connectivity index (χ2n) is 4.69. The monoisotopic (exact) mass is 266 g/mol. The number of nitrogens with one attached hydrogen (secondary N) is 1. The van der Waals surface area contributed by atoms with Crippen molar-refractivity contribution < 1.29 is 9.90 Å². The number of aromatic hydroxyl groups is 1. The predicted octanol–water partition coefficient (Wildman–Crippen LogP) is 2.99. The van der Waals surface area contributed by atoms with E-state index in [1.54, 1.807) is 12.1 Å². The number of fused-ring (bicyclic) bond motifs is 1. The Balaban J connectivity index is 1.72. The Kier molecular flexibility index (Phi) is 3.21. The number of anilines is 1. The summed E-state index contributed by atoms with van der Waals surface area (Å²) in [5.74, 6) is 0.820. The minimum absolute atomic E-state index is 0.0179. The molecule has 0 unspecified atom stereocenters. The molecule has 0 atom stereocenters. The van der Waals surface area contributed by atoms with E-state index in [0.717, 1.165) is 11.3 Å². The van der Waals surface area contributed by atoms with Crippen molar-refractivity contribution in [3.8, 4) is 5.75 Å². The van der Waals surface area contributed by atoms with E-state index in [0.29, 0.717) is 17.9 Å². The lowest BCUT2D eigenvalue weighted by atomic mass is 10.1. The lowest BCUT2D eigenvalue weighted by molar-refractivity contribution is 0.100. The Morgan fingerprint density at radius 1 is 1.15 bits per heavy atom. The van der Waals surface area contributed by atoms with E-state index in [4.69, 9.17) is 0 Å². The van der Waals surface area contributed by atoms with Crippen molar-refractivity contribution >= 4 is 17.3 Å². The van der Waals surface area contributed by atoms with Crippen LogP contribution in [-0.2, 0) is 6.54 Å². The highest BCUT2D eigenvalue weighted by Gasteiger charge is 2.15. The van der Waals surface area contributed by atoms with Gasteiger partial charge in [0.15, 0.2) is 5.78 Å². The third kappa shape index (κ3) is 2.54. The summed E-state index contributed by atoms with van der Waals surface area (Å²) >= 11 is 0. The van der Waals surface area contributed by atoms with E-state index >= 15 is 0 Å². The average molecular weight is 266 g/mol. The average Bonchev–Trinajstić information content (AvgIpc) is 2.48. The molecule has 4 nitrogen and oxygen atoms in total. The van der Waals surface area contributed by atoms with E-state index in [9.17, 15) is 9.90 Å². The lowest BCUT2D eigenvalue weighted by Crippen LogP contribution is -2.21. The number of ketones is 1. The highest BCUT2D eigenvalue weighted by molar-refractivity contribution is 6.13. The number of hydrogen-bond acceptors (Lipinski definition) is 4. The number of rotatable bonds is 3. The van der Waals surface area contributed by atoms with Gasteiger partial charge in [0.05, 0.1) is 13.0 Å². The van der Waals surface area contributed by atoms with Gasteiger partial charge >= 0.3 is 0 Å². The second kappa shape index (κ2) is 5.17. The van der Waals surface area contributed by atoms with Gasteiger partial charge in [-0.05, 0) is 35.9 Å². The molecular weight excluding hydrogens is 252 g/mol. The largest absolute Gasteiger partial charge is 0.508 e. The first-order chi connectivity index (χ1) is 9.72. The van der Waals surface area contributed by atoms with Crippen LogP contribution < -0.4 is 5.32 Å². The molecule has 0 saturated heterocycles. The van der Waals surface area contributed by atoms with Gasteiger partial charge in [-0.25, -0.2) is 0 Å². The summed E-state index contributed by atoms with van der Waals surface area (Å²) in [6.07, 6.45) is 0.235. The highest BCUT2D eigenvalue weighted by Crippen LogP contribution is 2.21. The van der Waals surface area contributed by atoms with Gasteiger partial charge in [0.2, 0.25) is 0 Å². The fraction of sp³-hybridized carbons (Fsp3) is 0.125. The first-order valence-electron chi connectivity index (χ1n) is 6.43. The molecule has 0 fully saturated rings. The molecule has 3 rings (SSSR count). The minimum atomic E-state index is -0.0179. The zero-order chi connectivity index (χ0) is 13.9. The summed E-state index contributed by atoms with van der Waals surface area (Å²) in [5, 5.41) is 12.4. The van der Waals surface area contributed by atoms with Crippen LogP contribution in [0.1, 0.15) is 22.3 Å². The van der Waals surface area contributed by atoms with Gasteiger partial charge in [0, 0.05) is 11.3 Å². The molecule has 0 amide bonds. The standard InChI is InChI=1S/C16H14N2O2/c19-13-7-5-11(6-8-13)15(20)9-16-17-10-12-3-1-2-4-14(12)18-16/h1-8,19H,9-10H2,(H,17,18). The Bertz CT molecular complexity index is 675. The van der Waals surface area contributed by atoms with Crippen LogP contribution in [0.5, 0.6) is 5.75 Å². The summed E-state index contributed by atoms with van der Waals surface area (Å²) in [4.78, 5) is 16.5. The normalized spacial score (nSPS) is 13.1. The van der Waals surface area contributed by atoms with Gasteiger partial charge in [-0.1, -0.05) is 18.2 Å². The Morgan fingerprint density at radius 3 is 2.70 bits per heavy atom. The number of para-hydroxylation sites is 1. The summed E-state index contributed by atoms with van der Waals surface area (Å²) in [5.41, 5.74) is 2.72. The third-order valence-corrected chi connectivity index (χ3v) is 3.25. The van der Waals surface area contributed by atoms with E-state index in [1.165, 1.54) is 12.1 Å². The molecule has 2 aromatic rings. The number of phenols is 1. The molecule has 1 aliphatic heterocycles. The van der Waals surface area contributed by atoms with Crippen molar-refractivity contribution in [3.63, 3.8) is 0 Å². The summed E-state index contributed by atoms with van der Waals surface area (Å²) in [6.45, 7) is 0.599. The van der Waals surface area contributed by atoms with Crippen LogP contribution in [0.25, 0.3) is 0 Å². The van der Waals surface area contributed by atoms with Gasteiger partial charge in [0.25, 0.3) is 0 Å². The number of aliphatic imine (C=N–C) groups is 1. The van der Waals surface area contributed by atoms with Crippen LogP contribution >= 0.6 is 0 Å². The SMILES string of the molecule is O=C(CC1=NCc2ccccc2N1)c1ccc(O)cc1. The Morgan fingerprint density at radius 2 is 1.90 bits per heavy atom. The van der Waals surface area contributed by atoms with E-state index < -0.39 is 0 Å². The fourth-order valence-corrected chi connectivity index (χ4v) is 2.16. The molecule has 0 bridgehead atoms. The van der Waals surface area contributed by atoms with E-state index in [1.807, 2.05) is 24.3 Å². The quantitative estimate of drug-likeness (QED) is 0.839. The van der Waals surface area contributed by atoms with Crippen LogP contribution in [-0.4, -0.2) is 16.7 Å². The Labute approximate surface area is 116 Å². The lowest BCUT2D eigenvalue weighted by Gasteiger charge is -2.17. The number of nitrogens with zero attached hydrogens (tertiary/aromatic N) is 1. The predicted molar refractivity (Wildman–Crippen MR) is 78.3 cm³/mol. The molecule has 1 aliphatic rings. The van der Waals surface area contributed by atoms with Crippen LogP contribution in [0.3, 0.4) is 0 Å². The molecule has 0 aromatic heterocycles. The van der Waals surface area contributed by atoms with E-state index in [-0.39, 0.29) is 18.0 Å². The highest BCUT2D eigenvalue weighted by atomic mass is 16.3. The number of hydrogen-bond donors (Lipinski definition) is 2. The van der Waals surface area contributed by atoms with Crippen molar-refractivity contribution in [1.82, 2.24) is 0 Å². The molecule has 1 heterocycles. The number of phenolic OH excluding ortho intramolecular Hbond substituents is 1. The van der Waals surface area contributed by atoms with Crippen molar-refractivity contribution in [2.24, 2.45) is 4.99 Å². The van der Waals surface area contributed by atoms with Gasteiger partial charge in [-0.15, -0.1) is 0 Å². The number of carbonyl (C=O) groups is 1. The van der Waals surface area contributed by atoms with Crippen molar-refractivity contribution in [2.45, 2.75) is 13.0 Å². The topological polar surface area (TPSA) is 61.7 Å². The number of amidine groups is 1. The van der Waals surface area contributed by atoms with Crippen LogP contribution in [0.4, 0.5) is 5.69 Å². The summed E-state index contributed by atoms with van der Waals surface area (Å²) in [6, 6.07) is 14.2. The molecule has 100 valence electrons. The molecule has 0 spiro atoms. The molecule has 2 N–H and O–H groups in total. The maximum Gasteiger partial charge on any atom is 0.170 e. The molecule has 20 heavy (non-hydrogen) atoms. The van der Waals surface area contributed by atoms with E-state index in [2.05, 4.69) is 10.3 Å². The summed E-state index contributed by atoms with van der Waals surface area (Å²) in [7, 11) is 0. The molecule has 0 saturated carbocycles. The molecule has 4 heteroatoms. The van der Waals surface area contributed by atoms with Gasteiger partial charge in [0.1, 0.15) is 11.6 Å². The van der Waals surface area contributed by atoms with Gasteiger partial charge in [-0.2, -0.15) is 0 Å². The zero-order valence-corrected chi connectivity index (χ0v) is 10.8. The van der Waals surface area contributed by atoms with Gasteiger partial charge in [-0.3, -0.25) is 9.79 Å². The second-order valence-corrected chi connectivity index (χ2v) is 4.69. The number of Topliss-reactive ketones (excluding diaryl/α,β-unsaturated/α-hetero) is 1. The number of carbonyl (C=O) groups excluding carboxylic acids is 1. The number of benzene rings is 2. The maximum absolute atomic E-state index is 12.1. The minimum Gasteiger partial charge on any atom is -0.508 e. The zero-order valence-electron chi connectivity index (χ0n) is 10.8. The van der Waals surface area contributed by atoms with Crippen molar-refractivity contribution in [2.75, 3.05) is 5.32 Å². The smallest absolute Gasteiger partial charge is 0.170 e. The third-order valence-electron chi connectivity index (χ3n) is 3.25. The summed E-state index contributed by atoms with van der Waals surface area (Å²) < 4.78 is 0.